The average molecular weight is 363 g/mol. The van der Waals surface area contributed by atoms with Gasteiger partial charge in [0.1, 0.15) is 0 Å². The Morgan fingerprint density at radius 3 is 2.30 bits per heavy atom. The van der Waals surface area contributed by atoms with Crippen molar-refractivity contribution in [2.24, 2.45) is 0 Å². The molecule has 5 heteroatoms. The monoisotopic (exact) mass is 363 g/mol. The largest absolute Gasteiger partial charge is 0.303 e. The van der Waals surface area contributed by atoms with E-state index in [1.165, 1.54) is 5.56 Å². The molecule has 0 spiro atoms. The number of ketones is 1. The fourth-order valence-electron chi connectivity index (χ4n) is 3.89. The summed E-state index contributed by atoms with van der Waals surface area (Å²) in [5, 5.41) is 0. The SMILES string of the molecule is Cc1ccc2c(c1)C(=O)C(=O)N2CCN1CCN(Cc2ccccc2)CC1. The Kier molecular flexibility index (Phi) is 5.05. The second-order valence-corrected chi connectivity index (χ2v) is 7.41. The van der Waals surface area contributed by atoms with Gasteiger partial charge in [-0.15, -0.1) is 0 Å². The molecular formula is C22H25N3O2. The lowest BCUT2D eigenvalue weighted by Crippen LogP contribution is -2.48. The van der Waals surface area contributed by atoms with Gasteiger partial charge >= 0.3 is 0 Å². The molecule has 0 bridgehead atoms. The molecule has 140 valence electrons. The Labute approximate surface area is 160 Å². The van der Waals surface area contributed by atoms with Crippen LogP contribution in [0.15, 0.2) is 48.5 Å². The van der Waals surface area contributed by atoms with Crippen LogP contribution >= 0.6 is 0 Å². The van der Waals surface area contributed by atoms with Crippen LogP contribution < -0.4 is 4.90 Å². The third-order valence-corrected chi connectivity index (χ3v) is 5.48. The van der Waals surface area contributed by atoms with Crippen molar-refractivity contribution in [2.75, 3.05) is 44.2 Å². The summed E-state index contributed by atoms with van der Waals surface area (Å²) in [4.78, 5) is 31.1. The molecule has 2 aromatic carbocycles. The molecule has 1 amide bonds. The van der Waals surface area contributed by atoms with Crippen molar-refractivity contribution in [3.05, 3.63) is 65.2 Å². The first-order valence-corrected chi connectivity index (χ1v) is 9.57. The van der Waals surface area contributed by atoms with Crippen LogP contribution in [0.5, 0.6) is 0 Å². The Morgan fingerprint density at radius 2 is 1.56 bits per heavy atom. The molecule has 1 fully saturated rings. The minimum atomic E-state index is -0.390. The van der Waals surface area contributed by atoms with Gasteiger partial charge in [-0.3, -0.25) is 19.4 Å². The number of fused-ring (bicyclic) bond motifs is 1. The molecule has 2 aliphatic heterocycles. The molecule has 2 aromatic rings. The number of carbonyl (C=O) groups excluding carboxylic acids is 2. The number of benzene rings is 2. The van der Waals surface area contributed by atoms with Crippen molar-refractivity contribution < 1.29 is 9.59 Å². The van der Waals surface area contributed by atoms with E-state index in [1.807, 2.05) is 31.2 Å². The Balaban J connectivity index is 1.31. The maximum Gasteiger partial charge on any atom is 0.299 e. The zero-order valence-corrected chi connectivity index (χ0v) is 15.7. The van der Waals surface area contributed by atoms with Gasteiger partial charge in [0.15, 0.2) is 0 Å². The van der Waals surface area contributed by atoms with Gasteiger partial charge < -0.3 is 4.90 Å². The first kappa shape index (κ1) is 17.9. The maximum absolute atomic E-state index is 12.4. The molecule has 2 aliphatic rings. The van der Waals surface area contributed by atoms with E-state index in [-0.39, 0.29) is 5.78 Å². The van der Waals surface area contributed by atoms with E-state index in [0.29, 0.717) is 12.1 Å². The van der Waals surface area contributed by atoms with Crippen LogP contribution in [0.25, 0.3) is 0 Å². The third kappa shape index (κ3) is 3.80. The van der Waals surface area contributed by atoms with Gasteiger partial charge in [0.2, 0.25) is 0 Å². The molecule has 0 unspecified atom stereocenters. The van der Waals surface area contributed by atoms with E-state index in [0.717, 1.165) is 50.5 Å². The van der Waals surface area contributed by atoms with Crippen molar-refractivity contribution in [2.45, 2.75) is 13.5 Å². The smallest absolute Gasteiger partial charge is 0.299 e. The summed E-state index contributed by atoms with van der Waals surface area (Å²) in [6, 6.07) is 16.2. The zero-order chi connectivity index (χ0) is 18.8. The summed E-state index contributed by atoms with van der Waals surface area (Å²) in [6.07, 6.45) is 0. The summed E-state index contributed by atoms with van der Waals surface area (Å²) in [5.74, 6) is -0.764. The molecule has 27 heavy (non-hydrogen) atoms. The van der Waals surface area contributed by atoms with Gasteiger partial charge in [0, 0.05) is 45.8 Å². The van der Waals surface area contributed by atoms with Gasteiger partial charge in [-0.2, -0.15) is 0 Å². The van der Waals surface area contributed by atoms with Crippen LogP contribution in [0.2, 0.25) is 0 Å². The van der Waals surface area contributed by atoms with E-state index in [1.54, 1.807) is 4.90 Å². The third-order valence-electron chi connectivity index (χ3n) is 5.48. The van der Waals surface area contributed by atoms with E-state index in [2.05, 4.69) is 34.1 Å². The van der Waals surface area contributed by atoms with Crippen molar-refractivity contribution in [3.8, 4) is 0 Å². The first-order valence-electron chi connectivity index (χ1n) is 9.57. The number of piperazine rings is 1. The van der Waals surface area contributed by atoms with Crippen LogP contribution in [0, 0.1) is 6.92 Å². The van der Waals surface area contributed by atoms with E-state index < -0.39 is 5.91 Å². The summed E-state index contributed by atoms with van der Waals surface area (Å²) in [5.41, 5.74) is 3.66. The van der Waals surface area contributed by atoms with Crippen LogP contribution in [0.3, 0.4) is 0 Å². The average Bonchev–Trinajstić information content (AvgIpc) is 2.92. The highest BCUT2D eigenvalue weighted by molar-refractivity contribution is 6.52. The number of hydrogen-bond donors (Lipinski definition) is 0. The fraction of sp³-hybridized carbons (Fsp3) is 0.364. The lowest BCUT2D eigenvalue weighted by atomic mass is 10.1. The van der Waals surface area contributed by atoms with E-state index >= 15 is 0 Å². The van der Waals surface area contributed by atoms with Crippen LogP contribution in [-0.4, -0.2) is 60.8 Å². The number of nitrogens with zero attached hydrogens (tertiary/aromatic N) is 3. The lowest BCUT2D eigenvalue weighted by molar-refractivity contribution is -0.114. The number of Topliss-reactive ketones (excluding diaryl/α,β-unsaturated/α-hetero) is 1. The van der Waals surface area contributed by atoms with Gasteiger partial charge in [-0.1, -0.05) is 42.0 Å². The number of aryl methyl sites for hydroxylation is 1. The number of hydrogen-bond acceptors (Lipinski definition) is 4. The van der Waals surface area contributed by atoms with Crippen molar-refractivity contribution in [3.63, 3.8) is 0 Å². The minimum absolute atomic E-state index is 0.374. The van der Waals surface area contributed by atoms with Crippen LogP contribution in [-0.2, 0) is 11.3 Å². The number of rotatable bonds is 5. The van der Waals surface area contributed by atoms with Gasteiger partial charge in [0.05, 0.1) is 11.3 Å². The molecule has 0 aromatic heterocycles. The topological polar surface area (TPSA) is 43.9 Å². The molecule has 5 nitrogen and oxygen atoms in total. The van der Waals surface area contributed by atoms with Crippen molar-refractivity contribution in [1.29, 1.82) is 0 Å². The number of amides is 1. The summed E-state index contributed by atoms with van der Waals surface area (Å²) < 4.78 is 0. The Morgan fingerprint density at radius 1 is 0.852 bits per heavy atom. The van der Waals surface area contributed by atoms with E-state index in [4.69, 9.17) is 0 Å². The van der Waals surface area contributed by atoms with E-state index in [9.17, 15) is 9.59 Å². The highest BCUT2D eigenvalue weighted by Crippen LogP contribution is 2.29. The number of carbonyl (C=O) groups is 2. The molecular weight excluding hydrogens is 338 g/mol. The van der Waals surface area contributed by atoms with Gasteiger partial charge in [0.25, 0.3) is 11.7 Å². The van der Waals surface area contributed by atoms with Crippen molar-refractivity contribution >= 4 is 17.4 Å². The highest BCUT2D eigenvalue weighted by atomic mass is 16.2. The molecule has 0 radical (unpaired) electrons. The molecule has 2 heterocycles. The Bertz CT molecular complexity index is 842. The summed E-state index contributed by atoms with van der Waals surface area (Å²) in [7, 11) is 0. The highest BCUT2D eigenvalue weighted by Gasteiger charge is 2.35. The molecule has 0 N–H and O–H groups in total. The predicted octanol–water partition coefficient (Wildman–Crippen LogP) is 2.34. The molecule has 1 saturated heterocycles. The molecule has 0 atom stereocenters. The fourth-order valence-corrected chi connectivity index (χ4v) is 3.89. The zero-order valence-electron chi connectivity index (χ0n) is 15.7. The van der Waals surface area contributed by atoms with Gasteiger partial charge in [-0.25, -0.2) is 0 Å². The van der Waals surface area contributed by atoms with Crippen LogP contribution in [0.4, 0.5) is 5.69 Å². The number of anilines is 1. The van der Waals surface area contributed by atoms with Crippen LogP contribution in [0.1, 0.15) is 21.5 Å². The lowest BCUT2D eigenvalue weighted by Gasteiger charge is -2.35. The Hall–Kier alpha value is -2.50. The summed E-state index contributed by atoms with van der Waals surface area (Å²) in [6.45, 7) is 8.32. The molecule has 0 aliphatic carbocycles. The standard InChI is InChI=1S/C22H25N3O2/c1-17-7-8-20-19(15-17)21(26)22(27)25(20)14-13-23-9-11-24(12-10-23)16-18-5-3-2-4-6-18/h2-8,15H,9-14,16H2,1H3. The molecule has 0 saturated carbocycles. The van der Waals surface area contributed by atoms with Crippen molar-refractivity contribution in [1.82, 2.24) is 9.80 Å². The summed E-state index contributed by atoms with van der Waals surface area (Å²) >= 11 is 0. The minimum Gasteiger partial charge on any atom is -0.303 e. The maximum atomic E-state index is 12.4. The first-order chi connectivity index (χ1) is 13.1. The predicted molar refractivity (Wildman–Crippen MR) is 106 cm³/mol. The van der Waals surface area contributed by atoms with Gasteiger partial charge in [-0.05, 0) is 24.6 Å². The normalized spacial score (nSPS) is 18.2. The quantitative estimate of drug-likeness (QED) is 0.765. The second-order valence-electron chi connectivity index (χ2n) is 7.41. The molecule has 4 rings (SSSR count). The second kappa shape index (κ2) is 7.62.